The van der Waals surface area contributed by atoms with Gasteiger partial charge in [-0.15, -0.1) is 0 Å². The van der Waals surface area contributed by atoms with E-state index in [1.807, 2.05) is 44.2 Å². The summed E-state index contributed by atoms with van der Waals surface area (Å²) in [6.45, 7) is 4.00. The van der Waals surface area contributed by atoms with Crippen LogP contribution in [0.1, 0.15) is 13.8 Å². The highest BCUT2D eigenvalue weighted by Gasteiger charge is 1.72. The molecule has 0 aromatic heterocycles. The highest BCUT2D eigenvalue weighted by atomic mass is 32.1. The van der Waals surface area contributed by atoms with Gasteiger partial charge in [0.1, 0.15) is 0 Å². The molecule has 0 amide bonds. The number of nitrogen functional groups attached to an aromatic ring is 1. The second-order valence-corrected chi connectivity index (χ2v) is 1.41. The Balaban J connectivity index is 0. The van der Waals surface area contributed by atoms with Crippen molar-refractivity contribution in [1.82, 2.24) is 0 Å². The zero-order valence-corrected chi connectivity index (χ0v) is 8.31. The molecule has 0 bridgehead atoms. The molecule has 1 nitrogen and oxygen atoms in total. The lowest BCUT2D eigenvalue weighted by Gasteiger charge is -1.83. The number of para-hydroxylation sites is 1. The lowest BCUT2D eigenvalue weighted by Crippen LogP contribution is -1.79. The summed E-state index contributed by atoms with van der Waals surface area (Å²) in [6, 6.07) is 9.49. The van der Waals surface area contributed by atoms with Crippen LogP contribution in [0.4, 0.5) is 5.69 Å². The molecule has 0 aliphatic carbocycles. The molecule has 1 aromatic rings. The van der Waals surface area contributed by atoms with Crippen LogP contribution in [0, 0.1) is 0 Å². The second-order valence-electron chi connectivity index (χ2n) is 1.41. The molecule has 0 heterocycles. The molecule has 0 fully saturated rings. The van der Waals surface area contributed by atoms with Gasteiger partial charge in [-0.25, -0.2) is 0 Å². The quantitative estimate of drug-likeness (QED) is 0.455. The van der Waals surface area contributed by atoms with Crippen LogP contribution < -0.4 is 5.73 Å². The number of hydrogen-bond acceptors (Lipinski definition) is 2. The largest absolute Gasteiger partial charge is 0.399 e. The average Bonchev–Trinajstić information content (AvgIpc) is 2.13. The van der Waals surface area contributed by atoms with Gasteiger partial charge in [0.05, 0.1) is 0 Å². The average molecular weight is 171 g/mol. The molecule has 2 heteroatoms. The SMILES string of the molecule is CC.CS.Nc1ccccc1. The highest BCUT2D eigenvalue weighted by Crippen LogP contribution is 1.95. The molecule has 1 aromatic carbocycles. The van der Waals surface area contributed by atoms with Crippen LogP contribution in [0.3, 0.4) is 0 Å². The van der Waals surface area contributed by atoms with E-state index in [4.69, 9.17) is 5.73 Å². The summed E-state index contributed by atoms with van der Waals surface area (Å²) in [5.41, 5.74) is 6.18. The maximum absolute atomic E-state index is 5.36. The van der Waals surface area contributed by atoms with Gasteiger partial charge >= 0.3 is 0 Å². The van der Waals surface area contributed by atoms with Crippen LogP contribution in [-0.2, 0) is 0 Å². The summed E-state index contributed by atoms with van der Waals surface area (Å²) < 4.78 is 0. The minimum absolute atomic E-state index is 0.822. The molecule has 0 aliphatic rings. The Hall–Kier alpha value is -0.630. The van der Waals surface area contributed by atoms with Crippen molar-refractivity contribution in [3.8, 4) is 0 Å². The molecule has 0 atom stereocenters. The van der Waals surface area contributed by atoms with E-state index in [-0.39, 0.29) is 0 Å². The molecule has 1 rings (SSSR count). The first-order valence-electron chi connectivity index (χ1n) is 3.65. The predicted molar refractivity (Wildman–Crippen MR) is 57.1 cm³/mol. The predicted octanol–water partition coefficient (Wildman–Crippen LogP) is 2.84. The van der Waals surface area contributed by atoms with Gasteiger partial charge < -0.3 is 5.73 Å². The van der Waals surface area contributed by atoms with Gasteiger partial charge in [0.25, 0.3) is 0 Å². The van der Waals surface area contributed by atoms with Crippen LogP contribution in [0.5, 0.6) is 0 Å². The Morgan fingerprint density at radius 3 is 1.55 bits per heavy atom. The molecule has 0 aliphatic heterocycles. The zero-order chi connectivity index (χ0) is 9.11. The van der Waals surface area contributed by atoms with Crippen molar-refractivity contribution in [3.63, 3.8) is 0 Å². The van der Waals surface area contributed by atoms with E-state index in [0.717, 1.165) is 5.69 Å². The first-order chi connectivity index (χ1) is 5.39. The standard InChI is InChI=1S/C6H7N.C2H6.CH4S/c7-6-4-2-1-3-5-6;2*1-2/h1-5H,7H2;1-2H3;2H,1H3. The zero-order valence-electron chi connectivity index (χ0n) is 7.41. The Morgan fingerprint density at radius 1 is 1.00 bits per heavy atom. The number of nitrogens with two attached hydrogens (primary N) is 1. The lowest BCUT2D eigenvalue weighted by atomic mass is 10.3. The third-order valence-electron chi connectivity index (χ3n) is 0.800. The fourth-order valence-corrected chi connectivity index (χ4v) is 0.453. The Kier molecular flexibility index (Phi) is 14.3. The molecule has 0 saturated carbocycles. The molecule has 0 unspecified atom stereocenters. The van der Waals surface area contributed by atoms with Gasteiger partial charge in [-0.1, -0.05) is 32.0 Å². The van der Waals surface area contributed by atoms with Crippen molar-refractivity contribution in [2.75, 3.05) is 12.0 Å². The monoisotopic (exact) mass is 171 g/mol. The third kappa shape index (κ3) is 9.37. The normalized spacial score (nSPS) is 6.55. The smallest absolute Gasteiger partial charge is 0.0313 e. The molecular weight excluding hydrogens is 154 g/mol. The molecule has 2 N–H and O–H groups in total. The van der Waals surface area contributed by atoms with Crippen molar-refractivity contribution < 1.29 is 0 Å². The van der Waals surface area contributed by atoms with E-state index in [2.05, 4.69) is 12.6 Å². The summed E-state index contributed by atoms with van der Waals surface area (Å²) in [7, 11) is 0. The maximum atomic E-state index is 5.36. The maximum Gasteiger partial charge on any atom is 0.0313 e. The minimum Gasteiger partial charge on any atom is -0.399 e. The molecule has 0 saturated heterocycles. The van der Waals surface area contributed by atoms with Crippen molar-refractivity contribution in [2.24, 2.45) is 0 Å². The van der Waals surface area contributed by atoms with Gasteiger partial charge in [0.15, 0.2) is 0 Å². The van der Waals surface area contributed by atoms with E-state index in [0.29, 0.717) is 0 Å². The first kappa shape index (κ1) is 13.0. The fraction of sp³-hybridized carbons (Fsp3) is 0.333. The van der Waals surface area contributed by atoms with Gasteiger partial charge in [0.2, 0.25) is 0 Å². The van der Waals surface area contributed by atoms with E-state index in [1.54, 1.807) is 6.26 Å². The molecule has 64 valence electrons. The molecule has 11 heavy (non-hydrogen) atoms. The van der Waals surface area contributed by atoms with Crippen molar-refractivity contribution >= 4 is 18.3 Å². The first-order valence-corrected chi connectivity index (χ1v) is 4.54. The summed E-state index contributed by atoms with van der Waals surface area (Å²) in [6.07, 6.45) is 1.69. The third-order valence-corrected chi connectivity index (χ3v) is 0.800. The number of rotatable bonds is 0. The van der Waals surface area contributed by atoms with Gasteiger partial charge in [-0.3, -0.25) is 0 Å². The van der Waals surface area contributed by atoms with Crippen LogP contribution in [0.25, 0.3) is 0 Å². The molecule has 0 radical (unpaired) electrons. The minimum atomic E-state index is 0.822. The van der Waals surface area contributed by atoms with E-state index < -0.39 is 0 Å². The fourth-order valence-electron chi connectivity index (χ4n) is 0.453. The summed E-state index contributed by atoms with van der Waals surface area (Å²) >= 11 is 3.53. The van der Waals surface area contributed by atoms with Crippen molar-refractivity contribution in [2.45, 2.75) is 13.8 Å². The summed E-state index contributed by atoms with van der Waals surface area (Å²) in [5, 5.41) is 0. The number of anilines is 1. The van der Waals surface area contributed by atoms with Crippen molar-refractivity contribution in [3.05, 3.63) is 30.3 Å². The summed E-state index contributed by atoms with van der Waals surface area (Å²) in [5.74, 6) is 0. The number of benzene rings is 1. The Bertz CT molecular complexity index is 139. The Labute approximate surface area is 75.0 Å². The lowest BCUT2D eigenvalue weighted by molar-refractivity contribution is 1.50. The van der Waals surface area contributed by atoms with Crippen molar-refractivity contribution in [1.29, 1.82) is 0 Å². The van der Waals surface area contributed by atoms with E-state index in [9.17, 15) is 0 Å². The second kappa shape index (κ2) is 12.1. The number of hydrogen-bond donors (Lipinski definition) is 2. The van der Waals surface area contributed by atoms with E-state index in [1.165, 1.54) is 0 Å². The van der Waals surface area contributed by atoms with Gasteiger partial charge in [-0.05, 0) is 18.4 Å². The van der Waals surface area contributed by atoms with Crippen LogP contribution in [0.15, 0.2) is 30.3 Å². The van der Waals surface area contributed by atoms with Crippen LogP contribution >= 0.6 is 12.6 Å². The molecular formula is C9H17NS. The number of thiol groups is 1. The summed E-state index contributed by atoms with van der Waals surface area (Å²) in [4.78, 5) is 0. The van der Waals surface area contributed by atoms with Crippen LogP contribution in [-0.4, -0.2) is 6.26 Å². The van der Waals surface area contributed by atoms with Gasteiger partial charge in [-0.2, -0.15) is 12.6 Å². The van der Waals surface area contributed by atoms with Gasteiger partial charge in [0, 0.05) is 5.69 Å². The van der Waals surface area contributed by atoms with E-state index >= 15 is 0 Å². The topological polar surface area (TPSA) is 26.0 Å². The molecule has 0 spiro atoms. The van der Waals surface area contributed by atoms with Crippen LogP contribution in [0.2, 0.25) is 0 Å². The Morgan fingerprint density at radius 2 is 1.36 bits per heavy atom. The highest BCUT2D eigenvalue weighted by molar-refractivity contribution is 7.79.